The first kappa shape index (κ1) is 12.2. The molecule has 0 bridgehead atoms. The van der Waals surface area contributed by atoms with Crippen molar-refractivity contribution in [3.8, 4) is 5.75 Å². The highest BCUT2D eigenvalue weighted by atomic mass is 35.5. The minimum atomic E-state index is -1.24. The Bertz CT molecular complexity index is 459. The molecule has 0 fully saturated rings. The smallest absolute Gasteiger partial charge is 0.232 e. The predicted octanol–water partition coefficient (Wildman–Crippen LogP) is 2.07. The summed E-state index contributed by atoms with van der Waals surface area (Å²) in [6.07, 6.45) is 1.89. The van der Waals surface area contributed by atoms with Crippen LogP contribution in [0.4, 0.5) is 0 Å². The van der Waals surface area contributed by atoms with Crippen molar-refractivity contribution < 1.29 is 9.84 Å². The van der Waals surface area contributed by atoms with Crippen LogP contribution >= 0.6 is 23.2 Å². The molecule has 17 heavy (non-hydrogen) atoms. The number of aromatic nitrogens is 3. The normalized spacial score (nSPS) is 14.3. The van der Waals surface area contributed by atoms with Gasteiger partial charge >= 0.3 is 0 Å². The predicted molar refractivity (Wildman–Crippen MR) is 63.0 cm³/mol. The van der Waals surface area contributed by atoms with Crippen LogP contribution in [-0.2, 0) is 0 Å². The van der Waals surface area contributed by atoms with E-state index in [9.17, 15) is 5.11 Å². The number of rotatable bonds is 4. The maximum atomic E-state index is 9.43. The fraction of sp³-hybridized carbons (Fsp3) is 0.200. The number of hydrogen-bond acceptors (Lipinski definition) is 4. The van der Waals surface area contributed by atoms with Crippen LogP contribution in [-0.4, -0.2) is 25.4 Å². The molecule has 90 valence electrons. The topological polar surface area (TPSA) is 60.2 Å². The third-order valence-electron chi connectivity index (χ3n) is 2.00. The van der Waals surface area contributed by atoms with Crippen molar-refractivity contribution in [1.82, 2.24) is 14.8 Å². The highest BCUT2D eigenvalue weighted by Crippen LogP contribution is 2.22. The van der Waals surface area contributed by atoms with Crippen molar-refractivity contribution in [2.75, 3.05) is 0 Å². The summed E-state index contributed by atoms with van der Waals surface area (Å²) in [7, 11) is 0. The van der Waals surface area contributed by atoms with Gasteiger partial charge < -0.3 is 9.84 Å². The number of nitrogens with zero attached hydrogens (tertiary/aromatic N) is 3. The summed E-state index contributed by atoms with van der Waals surface area (Å²) < 4.78 is 6.82. The third-order valence-corrected chi connectivity index (χ3v) is 2.47. The van der Waals surface area contributed by atoms with Gasteiger partial charge in [0.25, 0.3) is 0 Å². The van der Waals surface area contributed by atoms with Gasteiger partial charge in [0.2, 0.25) is 6.23 Å². The van der Waals surface area contributed by atoms with E-state index in [1.54, 1.807) is 24.3 Å². The zero-order chi connectivity index (χ0) is 12.3. The molecule has 2 atom stereocenters. The van der Waals surface area contributed by atoms with Gasteiger partial charge in [0.15, 0.2) is 5.56 Å². The second kappa shape index (κ2) is 5.35. The zero-order valence-electron chi connectivity index (χ0n) is 8.57. The van der Waals surface area contributed by atoms with Gasteiger partial charge in [0.05, 0.1) is 0 Å². The summed E-state index contributed by atoms with van der Waals surface area (Å²) >= 11 is 11.4. The Labute approximate surface area is 108 Å². The van der Waals surface area contributed by atoms with Crippen molar-refractivity contribution in [1.29, 1.82) is 0 Å². The fourth-order valence-corrected chi connectivity index (χ4v) is 1.53. The molecule has 0 aliphatic heterocycles. The van der Waals surface area contributed by atoms with E-state index < -0.39 is 11.8 Å². The molecule has 1 N–H and O–H groups in total. The number of aliphatic hydroxyl groups is 1. The lowest BCUT2D eigenvalue weighted by molar-refractivity contribution is 0.0270. The highest BCUT2D eigenvalue weighted by molar-refractivity contribution is 6.30. The summed E-state index contributed by atoms with van der Waals surface area (Å²) in [6.45, 7) is 0. The van der Waals surface area contributed by atoms with Gasteiger partial charge in [-0.1, -0.05) is 23.2 Å². The first-order valence-corrected chi connectivity index (χ1v) is 5.57. The Morgan fingerprint density at radius 2 is 2.00 bits per heavy atom. The van der Waals surface area contributed by atoms with Crippen LogP contribution < -0.4 is 4.74 Å². The van der Waals surface area contributed by atoms with E-state index >= 15 is 0 Å². The Hall–Kier alpha value is -1.30. The first-order chi connectivity index (χ1) is 8.16. The van der Waals surface area contributed by atoms with Gasteiger partial charge in [-0.05, 0) is 24.3 Å². The van der Waals surface area contributed by atoms with Gasteiger partial charge in [0.1, 0.15) is 18.4 Å². The van der Waals surface area contributed by atoms with Crippen LogP contribution in [0.3, 0.4) is 0 Å². The van der Waals surface area contributed by atoms with Crippen LogP contribution in [0.1, 0.15) is 6.23 Å². The summed E-state index contributed by atoms with van der Waals surface area (Å²) in [5, 5.41) is 13.9. The summed E-state index contributed by atoms with van der Waals surface area (Å²) in [4.78, 5) is 3.76. The molecule has 0 saturated carbocycles. The molecule has 0 spiro atoms. The molecule has 1 heterocycles. The second-order valence-electron chi connectivity index (χ2n) is 3.21. The molecule has 0 aliphatic rings. The lowest BCUT2D eigenvalue weighted by atomic mass is 10.3. The van der Waals surface area contributed by atoms with E-state index in [0.29, 0.717) is 10.8 Å². The van der Waals surface area contributed by atoms with Crippen molar-refractivity contribution in [2.24, 2.45) is 0 Å². The molecule has 0 radical (unpaired) electrons. The van der Waals surface area contributed by atoms with E-state index in [4.69, 9.17) is 27.9 Å². The number of ether oxygens (including phenoxy) is 1. The molecule has 5 nitrogen and oxygen atoms in total. The Morgan fingerprint density at radius 3 is 2.53 bits per heavy atom. The van der Waals surface area contributed by atoms with Gasteiger partial charge in [0, 0.05) is 5.02 Å². The molecule has 0 aliphatic carbocycles. The summed E-state index contributed by atoms with van der Waals surface area (Å²) in [6, 6.07) is 6.70. The van der Waals surface area contributed by atoms with E-state index in [1.807, 2.05) is 0 Å². The highest BCUT2D eigenvalue weighted by Gasteiger charge is 2.21. The maximum absolute atomic E-state index is 9.43. The number of aliphatic hydroxyl groups excluding tert-OH is 1. The van der Waals surface area contributed by atoms with Crippen molar-refractivity contribution in [2.45, 2.75) is 11.8 Å². The molecule has 2 unspecified atom stereocenters. The molecule has 2 rings (SSSR count). The van der Waals surface area contributed by atoms with Crippen LogP contribution in [0.15, 0.2) is 36.9 Å². The van der Waals surface area contributed by atoms with Crippen LogP contribution in [0.2, 0.25) is 5.02 Å². The van der Waals surface area contributed by atoms with Crippen LogP contribution in [0.25, 0.3) is 0 Å². The zero-order valence-corrected chi connectivity index (χ0v) is 10.1. The van der Waals surface area contributed by atoms with Gasteiger partial charge in [-0.3, -0.25) is 0 Å². The molecule has 2 aromatic rings. The average Bonchev–Trinajstić information content (AvgIpc) is 2.81. The number of benzene rings is 1. The molecule has 0 saturated heterocycles. The number of hydrogen-bond donors (Lipinski definition) is 1. The molecule has 1 aromatic carbocycles. The largest absolute Gasteiger partial charge is 0.464 e. The van der Waals surface area contributed by atoms with Crippen molar-refractivity contribution in [3.05, 3.63) is 41.9 Å². The van der Waals surface area contributed by atoms with E-state index in [0.717, 1.165) is 0 Å². The van der Waals surface area contributed by atoms with Crippen molar-refractivity contribution in [3.63, 3.8) is 0 Å². The fourth-order valence-electron chi connectivity index (χ4n) is 1.24. The van der Waals surface area contributed by atoms with Gasteiger partial charge in [-0.15, -0.1) is 0 Å². The van der Waals surface area contributed by atoms with Gasteiger partial charge in [-0.25, -0.2) is 9.67 Å². The molecule has 0 amide bonds. The third kappa shape index (κ3) is 3.09. The average molecular weight is 274 g/mol. The van der Waals surface area contributed by atoms with Crippen LogP contribution in [0.5, 0.6) is 5.75 Å². The number of alkyl halides is 1. The monoisotopic (exact) mass is 273 g/mol. The quantitative estimate of drug-likeness (QED) is 0.867. The van der Waals surface area contributed by atoms with E-state index in [2.05, 4.69) is 10.1 Å². The molecular weight excluding hydrogens is 265 g/mol. The van der Waals surface area contributed by atoms with Crippen LogP contribution in [0, 0.1) is 0 Å². The molecular formula is C10H9Cl2N3O2. The Kier molecular flexibility index (Phi) is 3.83. The Morgan fingerprint density at radius 1 is 1.29 bits per heavy atom. The van der Waals surface area contributed by atoms with E-state index in [-0.39, 0.29) is 0 Å². The number of halogens is 2. The SMILES string of the molecule is OC(Cl)C(Oc1ccc(Cl)cc1)n1cncn1. The second-order valence-corrected chi connectivity index (χ2v) is 4.09. The summed E-state index contributed by atoms with van der Waals surface area (Å²) in [5.41, 5.74) is -1.24. The molecule has 1 aromatic heterocycles. The minimum Gasteiger partial charge on any atom is -0.464 e. The minimum absolute atomic E-state index is 0.523. The summed E-state index contributed by atoms with van der Waals surface area (Å²) in [5.74, 6) is 0.523. The Balaban J connectivity index is 2.16. The maximum Gasteiger partial charge on any atom is 0.232 e. The lowest BCUT2D eigenvalue weighted by Crippen LogP contribution is -2.25. The molecule has 7 heteroatoms. The lowest BCUT2D eigenvalue weighted by Gasteiger charge is -2.20. The standard InChI is InChI=1S/C10H9Cl2N3O2/c11-7-1-3-8(4-2-7)17-10(9(12)16)15-6-13-5-14-15/h1-6,9-10,16H. The first-order valence-electron chi connectivity index (χ1n) is 4.75. The van der Waals surface area contributed by atoms with E-state index in [1.165, 1.54) is 17.3 Å². The van der Waals surface area contributed by atoms with Gasteiger partial charge in [-0.2, -0.15) is 5.10 Å². The van der Waals surface area contributed by atoms with Crippen molar-refractivity contribution >= 4 is 23.2 Å².